The van der Waals surface area contributed by atoms with Crippen molar-refractivity contribution in [1.29, 1.82) is 15.8 Å². The average molecular weight is 384 g/mol. The fourth-order valence-electron chi connectivity index (χ4n) is 4.13. The molecular weight excluding hydrogens is 369 g/mol. The molecule has 5 nitrogen and oxygen atoms in total. The van der Waals surface area contributed by atoms with E-state index >= 15 is 0 Å². The topological polar surface area (TPSA) is 107 Å². The van der Waals surface area contributed by atoms with Crippen LogP contribution in [0.3, 0.4) is 0 Å². The van der Waals surface area contributed by atoms with Crippen LogP contribution < -0.4 is 10.5 Å². The van der Waals surface area contributed by atoms with E-state index in [4.69, 9.17) is 5.73 Å². The molecule has 0 spiro atoms. The van der Waals surface area contributed by atoms with E-state index in [0.29, 0.717) is 17.6 Å². The van der Waals surface area contributed by atoms with Gasteiger partial charge < -0.3 is 10.5 Å². The normalized spacial score (nSPS) is 23.5. The zero-order chi connectivity index (χ0) is 20.5. The summed E-state index contributed by atoms with van der Waals surface area (Å²) in [7, 11) is 0. The molecule has 28 heavy (non-hydrogen) atoms. The summed E-state index contributed by atoms with van der Waals surface area (Å²) in [6.07, 6.45) is -0.718. The van der Waals surface area contributed by atoms with E-state index in [1.165, 1.54) is 12.1 Å². The summed E-state index contributed by atoms with van der Waals surface area (Å²) < 4.78 is 41.1. The van der Waals surface area contributed by atoms with Crippen molar-refractivity contribution < 1.29 is 17.9 Å². The van der Waals surface area contributed by atoms with E-state index in [9.17, 15) is 29.0 Å². The van der Waals surface area contributed by atoms with Crippen molar-refractivity contribution in [2.45, 2.75) is 31.5 Å². The van der Waals surface area contributed by atoms with E-state index in [1.807, 2.05) is 24.3 Å². The zero-order valence-electron chi connectivity index (χ0n) is 14.6. The van der Waals surface area contributed by atoms with Gasteiger partial charge in [-0.25, -0.2) is 0 Å². The number of ether oxygens (including phenoxy) is 1. The van der Waals surface area contributed by atoms with Crippen LogP contribution in [0.15, 0.2) is 47.2 Å². The molecule has 142 valence electrons. The van der Waals surface area contributed by atoms with Crippen LogP contribution in [0.5, 0.6) is 5.75 Å². The lowest BCUT2D eigenvalue weighted by atomic mass is 9.57. The molecule has 1 aromatic carbocycles. The monoisotopic (exact) mass is 384 g/mol. The lowest BCUT2D eigenvalue weighted by Crippen LogP contribution is -2.42. The van der Waals surface area contributed by atoms with Gasteiger partial charge in [-0.15, -0.1) is 13.2 Å². The SMILES string of the molecule is N#CC1=C(N)C(C#N)(C#N)[C@H](c2ccc(OC(F)(F)F)cc2)[C@H]2CCCC=C12. The number of fused-ring (bicyclic) bond motifs is 1. The predicted octanol–water partition coefficient (Wildman–Crippen LogP) is 4.18. The molecule has 0 heterocycles. The smallest absolute Gasteiger partial charge is 0.406 e. The number of benzene rings is 1. The number of hydrogen-bond donors (Lipinski definition) is 1. The number of alkyl halides is 3. The Balaban J connectivity index is 2.15. The Morgan fingerprint density at radius 3 is 2.29 bits per heavy atom. The van der Waals surface area contributed by atoms with Crippen LogP contribution in [-0.2, 0) is 0 Å². The van der Waals surface area contributed by atoms with Crippen LogP contribution in [0.4, 0.5) is 13.2 Å². The molecule has 0 saturated carbocycles. The summed E-state index contributed by atoms with van der Waals surface area (Å²) in [4.78, 5) is 0. The molecule has 0 aliphatic heterocycles. The van der Waals surface area contributed by atoms with Gasteiger partial charge in [0.1, 0.15) is 11.8 Å². The van der Waals surface area contributed by atoms with E-state index in [-0.39, 0.29) is 17.2 Å². The summed E-state index contributed by atoms with van der Waals surface area (Å²) in [5.74, 6) is -1.40. The van der Waals surface area contributed by atoms with Crippen molar-refractivity contribution in [3.05, 3.63) is 52.7 Å². The third-order valence-corrected chi connectivity index (χ3v) is 5.27. The van der Waals surface area contributed by atoms with Crippen molar-refractivity contribution in [1.82, 2.24) is 0 Å². The first-order chi connectivity index (χ1) is 13.3. The van der Waals surface area contributed by atoms with Crippen molar-refractivity contribution in [3.63, 3.8) is 0 Å². The number of nitrogens with two attached hydrogens (primary N) is 1. The summed E-state index contributed by atoms with van der Waals surface area (Å²) in [5, 5.41) is 29.3. The summed E-state index contributed by atoms with van der Waals surface area (Å²) in [6.45, 7) is 0. The van der Waals surface area contributed by atoms with Crippen LogP contribution in [-0.4, -0.2) is 6.36 Å². The second-order valence-electron chi connectivity index (χ2n) is 6.72. The van der Waals surface area contributed by atoms with Gasteiger partial charge in [-0.1, -0.05) is 18.2 Å². The highest BCUT2D eigenvalue weighted by Gasteiger charge is 2.53. The zero-order valence-corrected chi connectivity index (χ0v) is 14.6. The van der Waals surface area contributed by atoms with Crippen LogP contribution in [0.1, 0.15) is 30.7 Å². The molecule has 1 aromatic rings. The van der Waals surface area contributed by atoms with Crippen molar-refractivity contribution in [3.8, 4) is 24.0 Å². The van der Waals surface area contributed by atoms with Gasteiger partial charge in [0.05, 0.1) is 23.4 Å². The van der Waals surface area contributed by atoms with E-state index < -0.39 is 23.4 Å². The van der Waals surface area contributed by atoms with Crippen molar-refractivity contribution >= 4 is 0 Å². The average Bonchev–Trinajstić information content (AvgIpc) is 2.67. The minimum absolute atomic E-state index is 0.106. The first-order valence-electron chi connectivity index (χ1n) is 8.56. The van der Waals surface area contributed by atoms with Crippen molar-refractivity contribution in [2.75, 3.05) is 0 Å². The highest BCUT2D eigenvalue weighted by molar-refractivity contribution is 5.59. The van der Waals surface area contributed by atoms with Gasteiger partial charge in [0.25, 0.3) is 0 Å². The van der Waals surface area contributed by atoms with Crippen LogP contribution in [0.2, 0.25) is 0 Å². The number of hydrogen-bond acceptors (Lipinski definition) is 5. The Labute approximate surface area is 159 Å². The molecule has 0 bridgehead atoms. The highest BCUT2D eigenvalue weighted by Crippen LogP contribution is 2.55. The third kappa shape index (κ3) is 3.06. The standard InChI is InChI=1S/C20H15F3N4O/c21-20(22,23)28-13-7-5-12(6-8-13)17-15-4-2-1-3-14(15)16(9-24)18(27)19(17,10-25)11-26/h3,5-8,15,17H,1-2,4,27H2/t15-,17+/m0/s1. The van der Waals surface area contributed by atoms with Gasteiger partial charge in [0.15, 0.2) is 5.41 Å². The largest absolute Gasteiger partial charge is 0.573 e. The van der Waals surface area contributed by atoms with Gasteiger partial charge in [0, 0.05) is 5.92 Å². The molecule has 0 radical (unpaired) electrons. The van der Waals surface area contributed by atoms with Gasteiger partial charge >= 0.3 is 6.36 Å². The molecule has 2 N–H and O–H groups in total. The van der Waals surface area contributed by atoms with Gasteiger partial charge in [0.2, 0.25) is 0 Å². The fraction of sp³-hybridized carbons (Fsp3) is 0.350. The van der Waals surface area contributed by atoms with Crippen LogP contribution >= 0.6 is 0 Å². The molecule has 2 aliphatic carbocycles. The fourth-order valence-corrected chi connectivity index (χ4v) is 4.13. The molecule has 0 saturated heterocycles. The number of rotatable bonds is 2. The first kappa shape index (κ1) is 19.3. The molecule has 2 aliphatic rings. The second-order valence-corrected chi connectivity index (χ2v) is 6.72. The first-order valence-corrected chi connectivity index (χ1v) is 8.56. The second kappa shape index (κ2) is 6.94. The molecule has 0 unspecified atom stereocenters. The minimum Gasteiger partial charge on any atom is -0.406 e. The Kier molecular flexibility index (Phi) is 4.79. The van der Waals surface area contributed by atoms with Crippen LogP contribution in [0, 0.1) is 45.3 Å². The molecule has 0 fully saturated rings. The number of nitriles is 3. The quantitative estimate of drug-likeness (QED) is 0.823. The van der Waals surface area contributed by atoms with Crippen LogP contribution in [0.25, 0.3) is 0 Å². The van der Waals surface area contributed by atoms with Gasteiger partial charge in [-0.05, 0) is 48.4 Å². The molecular formula is C20H15F3N4O. The minimum atomic E-state index is -4.82. The lowest BCUT2D eigenvalue weighted by molar-refractivity contribution is -0.274. The maximum absolute atomic E-state index is 12.4. The van der Waals surface area contributed by atoms with E-state index in [1.54, 1.807) is 0 Å². The maximum atomic E-state index is 12.4. The molecule has 0 aromatic heterocycles. The molecule has 3 rings (SSSR count). The summed E-state index contributed by atoms with van der Waals surface area (Å²) >= 11 is 0. The molecule has 8 heteroatoms. The lowest BCUT2D eigenvalue weighted by Gasteiger charge is -2.43. The van der Waals surface area contributed by atoms with Gasteiger partial charge in [-0.2, -0.15) is 15.8 Å². The highest BCUT2D eigenvalue weighted by atomic mass is 19.4. The third-order valence-electron chi connectivity index (χ3n) is 5.27. The Bertz CT molecular complexity index is 957. The Morgan fingerprint density at radius 2 is 1.75 bits per heavy atom. The van der Waals surface area contributed by atoms with Gasteiger partial charge in [-0.3, -0.25) is 0 Å². The number of halogens is 3. The van der Waals surface area contributed by atoms with E-state index in [2.05, 4.69) is 4.74 Å². The Hall–Kier alpha value is -3.44. The maximum Gasteiger partial charge on any atom is 0.573 e. The molecule has 2 atom stereocenters. The summed E-state index contributed by atoms with van der Waals surface area (Å²) in [6, 6.07) is 11.1. The summed E-state index contributed by atoms with van der Waals surface area (Å²) in [5.41, 5.74) is 5.60. The van der Waals surface area contributed by atoms with E-state index in [0.717, 1.165) is 25.0 Å². The number of allylic oxidation sites excluding steroid dienone is 4. The Morgan fingerprint density at radius 1 is 1.11 bits per heavy atom. The predicted molar refractivity (Wildman–Crippen MR) is 91.8 cm³/mol. The molecule has 0 amide bonds. The van der Waals surface area contributed by atoms with Crippen molar-refractivity contribution in [2.24, 2.45) is 17.1 Å². The number of nitrogens with zero attached hydrogens (tertiary/aromatic N) is 3.